The van der Waals surface area contributed by atoms with Crippen LogP contribution in [0.4, 0.5) is 0 Å². The number of aromatic nitrogens is 4. The SMILES string of the molecule is CCNCc1ccnn1Cc1ccn(C(CC)CC)n1. The number of rotatable bonds is 8. The lowest BCUT2D eigenvalue weighted by Gasteiger charge is -2.12. The van der Waals surface area contributed by atoms with Crippen LogP contribution in [0, 0.1) is 0 Å². The fourth-order valence-corrected chi connectivity index (χ4v) is 2.39. The van der Waals surface area contributed by atoms with E-state index in [-0.39, 0.29) is 0 Å². The topological polar surface area (TPSA) is 47.7 Å². The van der Waals surface area contributed by atoms with Gasteiger partial charge in [0.1, 0.15) is 0 Å². The van der Waals surface area contributed by atoms with Crippen LogP contribution in [0.25, 0.3) is 0 Å². The van der Waals surface area contributed by atoms with Crippen molar-refractivity contribution in [3.05, 3.63) is 35.9 Å². The van der Waals surface area contributed by atoms with Gasteiger partial charge in [-0.2, -0.15) is 10.2 Å². The fraction of sp³-hybridized carbons (Fsp3) is 0.600. The van der Waals surface area contributed by atoms with Crippen LogP contribution in [0.1, 0.15) is 51.0 Å². The Hall–Kier alpha value is -1.62. The highest BCUT2D eigenvalue weighted by molar-refractivity contribution is 5.06. The van der Waals surface area contributed by atoms with Crippen LogP contribution >= 0.6 is 0 Å². The fourth-order valence-electron chi connectivity index (χ4n) is 2.39. The van der Waals surface area contributed by atoms with E-state index in [1.54, 1.807) is 0 Å². The van der Waals surface area contributed by atoms with Gasteiger partial charge in [-0.1, -0.05) is 20.8 Å². The van der Waals surface area contributed by atoms with E-state index >= 15 is 0 Å². The Bertz CT molecular complexity index is 510. The summed E-state index contributed by atoms with van der Waals surface area (Å²) in [7, 11) is 0. The van der Waals surface area contributed by atoms with Gasteiger partial charge in [0.25, 0.3) is 0 Å². The molecule has 2 heterocycles. The molecule has 2 aromatic rings. The predicted molar refractivity (Wildman–Crippen MR) is 80.6 cm³/mol. The second kappa shape index (κ2) is 7.24. The van der Waals surface area contributed by atoms with Crippen molar-refractivity contribution in [1.29, 1.82) is 0 Å². The molecule has 110 valence electrons. The smallest absolute Gasteiger partial charge is 0.0853 e. The molecular weight excluding hydrogens is 250 g/mol. The molecule has 5 heteroatoms. The molecule has 0 saturated carbocycles. The van der Waals surface area contributed by atoms with Crippen LogP contribution in [0.15, 0.2) is 24.5 Å². The molecule has 0 aliphatic rings. The molecule has 0 unspecified atom stereocenters. The van der Waals surface area contributed by atoms with Gasteiger partial charge >= 0.3 is 0 Å². The Balaban J connectivity index is 2.05. The molecule has 0 aromatic carbocycles. The van der Waals surface area contributed by atoms with Crippen molar-refractivity contribution in [2.45, 2.75) is 52.7 Å². The Morgan fingerprint density at radius 3 is 2.70 bits per heavy atom. The van der Waals surface area contributed by atoms with E-state index in [1.165, 1.54) is 5.69 Å². The molecular formula is C15H25N5. The maximum absolute atomic E-state index is 4.68. The summed E-state index contributed by atoms with van der Waals surface area (Å²) in [5, 5.41) is 12.4. The van der Waals surface area contributed by atoms with Gasteiger partial charge in [-0.05, 0) is 31.5 Å². The quantitative estimate of drug-likeness (QED) is 0.805. The summed E-state index contributed by atoms with van der Waals surface area (Å²) < 4.78 is 4.10. The van der Waals surface area contributed by atoms with Crippen LogP contribution in [0.3, 0.4) is 0 Å². The van der Waals surface area contributed by atoms with Crippen molar-refractivity contribution in [3.8, 4) is 0 Å². The molecule has 0 radical (unpaired) electrons. The molecule has 0 aliphatic heterocycles. The zero-order chi connectivity index (χ0) is 14.4. The first-order valence-corrected chi connectivity index (χ1v) is 7.53. The molecule has 2 aromatic heterocycles. The number of hydrogen-bond donors (Lipinski definition) is 1. The molecule has 0 aliphatic carbocycles. The first kappa shape index (κ1) is 14.8. The summed E-state index contributed by atoms with van der Waals surface area (Å²) in [6.45, 7) is 9.08. The van der Waals surface area contributed by atoms with E-state index < -0.39 is 0 Å². The summed E-state index contributed by atoms with van der Waals surface area (Å²) >= 11 is 0. The standard InChI is InChI=1S/C15H25N5/c1-4-14(5-2)19-10-8-13(18-19)12-20-15(7-9-17-20)11-16-6-3/h7-10,14,16H,4-6,11-12H2,1-3H3. The van der Waals surface area contributed by atoms with Crippen molar-refractivity contribution in [2.24, 2.45) is 0 Å². The van der Waals surface area contributed by atoms with Gasteiger partial charge in [0.15, 0.2) is 0 Å². The van der Waals surface area contributed by atoms with Gasteiger partial charge in [-0.3, -0.25) is 9.36 Å². The maximum Gasteiger partial charge on any atom is 0.0853 e. The minimum absolute atomic E-state index is 0.502. The van der Waals surface area contributed by atoms with Gasteiger partial charge in [0.05, 0.1) is 24.0 Å². The second-order valence-electron chi connectivity index (χ2n) is 5.02. The first-order chi connectivity index (χ1) is 9.78. The number of nitrogens with zero attached hydrogens (tertiary/aromatic N) is 4. The first-order valence-electron chi connectivity index (χ1n) is 7.53. The number of nitrogens with one attached hydrogen (secondary N) is 1. The Morgan fingerprint density at radius 2 is 2.00 bits per heavy atom. The highest BCUT2D eigenvalue weighted by Crippen LogP contribution is 2.15. The van der Waals surface area contributed by atoms with E-state index in [0.29, 0.717) is 6.04 Å². The molecule has 0 saturated heterocycles. The van der Waals surface area contributed by atoms with E-state index in [2.05, 4.69) is 59.3 Å². The van der Waals surface area contributed by atoms with E-state index in [1.807, 2.05) is 10.9 Å². The largest absolute Gasteiger partial charge is 0.311 e. The Kier molecular flexibility index (Phi) is 5.35. The molecule has 0 bridgehead atoms. The predicted octanol–water partition coefficient (Wildman–Crippen LogP) is 2.60. The average molecular weight is 275 g/mol. The molecule has 0 amide bonds. The monoisotopic (exact) mass is 275 g/mol. The molecule has 0 spiro atoms. The summed E-state index contributed by atoms with van der Waals surface area (Å²) in [5.74, 6) is 0. The molecule has 0 fully saturated rings. The van der Waals surface area contributed by atoms with Gasteiger partial charge in [0, 0.05) is 18.9 Å². The van der Waals surface area contributed by atoms with Crippen molar-refractivity contribution in [3.63, 3.8) is 0 Å². The van der Waals surface area contributed by atoms with E-state index in [0.717, 1.165) is 38.2 Å². The van der Waals surface area contributed by atoms with Gasteiger partial charge in [-0.25, -0.2) is 0 Å². The zero-order valence-corrected chi connectivity index (χ0v) is 12.7. The van der Waals surface area contributed by atoms with E-state index in [9.17, 15) is 0 Å². The van der Waals surface area contributed by atoms with Crippen LogP contribution in [-0.4, -0.2) is 26.1 Å². The average Bonchev–Trinajstić information content (AvgIpc) is 3.08. The zero-order valence-electron chi connectivity index (χ0n) is 12.7. The van der Waals surface area contributed by atoms with Crippen molar-refractivity contribution >= 4 is 0 Å². The van der Waals surface area contributed by atoms with E-state index in [4.69, 9.17) is 0 Å². The summed E-state index contributed by atoms with van der Waals surface area (Å²) in [6.07, 6.45) is 6.17. The normalized spacial score (nSPS) is 11.4. The molecule has 5 nitrogen and oxygen atoms in total. The van der Waals surface area contributed by atoms with Gasteiger partial charge in [-0.15, -0.1) is 0 Å². The molecule has 0 atom stereocenters. The van der Waals surface area contributed by atoms with Crippen molar-refractivity contribution in [1.82, 2.24) is 24.9 Å². The van der Waals surface area contributed by atoms with Crippen LogP contribution in [0.5, 0.6) is 0 Å². The minimum atomic E-state index is 0.502. The summed E-state index contributed by atoms with van der Waals surface area (Å²) in [5.41, 5.74) is 2.27. The molecule has 2 rings (SSSR count). The maximum atomic E-state index is 4.68. The number of hydrogen-bond acceptors (Lipinski definition) is 3. The van der Waals surface area contributed by atoms with Crippen molar-refractivity contribution in [2.75, 3.05) is 6.54 Å². The highest BCUT2D eigenvalue weighted by Gasteiger charge is 2.09. The minimum Gasteiger partial charge on any atom is -0.311 e. The third-order valence-corrected chi connectivity index (χ3v) is 3.65. The molecule has 20 heavy (non-hydrogen) atoms. The lowest BCUT2D eigenvalue weighted by molar-refractivity contribution is 0.423. The summed E-state index contributed by atoms with van der Waals surface area (Å²) in [6, 6.07) is 4.65. The van der Waals surface area contributed by atoms with Crippen LogP contribution in [-0.2, 0) is 13.1 Å². The second-order valence-corrected chi connectivity index (χ2v) is 5.02. The summed E-state index contributed by atoms with van der Waals surface area (Å²) in [4.78, 5) is 0. The third kappa shape index (κ3) is 3.48. The lowest BCUT2D eigenvalue weighted by atomic mass is 10.2. The third-order valence-electron chi connectivity index (χ3n) is 3.65. The van der Waals surface area contributed by atoms with Gasteiger partial charge in [0.2, 0.25) is 0 Å². The molecule has 1 N–H and O–H groups in total. The Labute approximate surface area is 121 Å². The van der Waals surface area contributed by atoms with Crippen LogP contribution in [0.2, 0.25) is 0 Å². The van der Waals surface area contributed by atoms with Gasteiger partial charge < -0.3 is 5.32 Å². The highest BCUT2D eigenvalue weighted by atomic mass is 15.3. The lowest BCUT2D eigenvalue weighted by Crippen LogP contribution is -2.17. The Morgan fingerprint density at radius 1 is 1.20 bits per heavy atom. The van der Waals surface area contributed by atoms with Crippen molar-refractivity contribution < 1.29 is 0 Å². The van der Waals surface area contributed by atoms with Crippen LogP contribution < -0.4 is 5.32 Å².